The zero-order chi connectivity index (χ0) is 10.4. The number of aromatic nitrogens is 2. The van der Waals surface area contributed by atoms with Gasteiger partial charge in [0, 0.05) is 6.20 Å². The molecule has 0 aliphatic heterocycles. The Morgan fingerprint density at radius 1 is 1.57 bits per heavy atom. The standard InChI is InChI=1S/C7H7N7/c8-3-5-1-2-11-6(13-5)4-12-14-7(9)10/h1-2,4H,(H4,9,10,14)/b12-4+. The van der Waals surface area contributed by atoms with Crippen LogP contribution < -0.4 is 11.5 Å². The Morgan fingerprint density at radius 3 is 3.00 bits per heavy atom. The van der Waals surface area contributed by atoms with Gasteiger partial charge in [-0.1, -0.05) is 0 Å². The third kappa shape index (κ3) is 2.86. The predicted octanol–water partition coefficient (Wildman–Crippen LogP) is -1.04. The first-order chi connectivity index (χ1) is 6.72. The van der Waals surface area contributed by atoms with Crippen molar-refractivity contribution in [2.75, 3.05) is 0 Å². The summed E-state index contributed by atoms with van der Waals surface area (Å²) in [7, 11) is 0. The predicted molar refractivity (Wildman–Crippen MR) is 50.2 cm³/mol. The van der Waals surface area contributed by atoms with Crippen molar-refractivity contribution in [3.8, 4) is 6.07 Å². The van der Waals surface area contributed by atoms with Gasteiger partial charge in [-0.05, 0) is 6.07 Å². The van der Waals surface area contributed by atoms with Crippen molar-refractivity contribution in [1.29, 1.82) is 5.26 Å². The Kier molecular flexibility index (Phi) is 3.09. The number of hydrogen-bond donors (Lipinski definition) is 2. The van der Waals surface area contributed by atoms with Gasteiger partial charge in [0.15, 0.2) is 5.82 Å². The highest BCUT2D eigenvalue weighted by molar-refractivity contribution is 5.78. The third-order valence-corrected chi connectivity index (χ3v) is 1.14. The van der Waals surface area contributed by atoms with Gasteiger partial charge in [-0.25, -0.2) is 9.97 Å². The second-order valence-electron chi connectivity index (χ2n) is 2.18. The van der Waals surface area contributed by atoms with E-state index in [-0.39, 0.29) is 17.5 Å². The summed E-state index contributed by atoms with van der Waals surface area (Å²) in [5.74, 6) is 0.117. The quantitative estimate of drug-likeness (QED) is 0.349. The van der Waals surface area contributed by atoms with E-state index < -0.39 is 0 Å². The van der Waals surface area contributed by atoms with Crippen LogP contribution in [0.1, 0.15) is 11.5 Å². The monoisotopic (exact) mass is 189 g/mol. The molecule has 7 heteroatoms. The lowest BCUT2D eigenvalue weighted by molar-refractivity contribution is 1.10. The molecule has 0 bridgehead atoms. The molecule has 0 aromatic carbocycles. The minimum atomic E-state index is -0.155. The van der Waals surface area contributed by atoms with Crippen molar-refractivity contribution in [3.63, 3.8) is 0 Å². The van der Waals surface area contributed by atoms with Gasteiger partial charge in [0.1, 0.15) is 11.8 Å². The van der Waals surface area contributed by atoms with Gasteiger partial charge in [-0.15, -0.1) is 5.10 Å². The largest absolute Gasteiger partial charge is 0.369 e. The second-order valence-corrected chi connectivity index (χ2v) is 2.18. The van der Waals surface area contributed by atoms with Crippen LogP contribution in [-0.4, -0.2) is 22.1 Å². The normalized spacial score (nSPS) is 9.64. The summed E-state index contributed by atoms with van der Waals surface area (Å²) in [6.45, 7) is 0. The fourth-order valence-electron chi connectivity index (χ4n) is 0.645. The van der Waals surface area contributed by atoms with E-state index in [9.17, 15) is 0 Å². The van der Waals surface area contributed by atoms with Crippen LogP contribution in [0, 0.1) is 11.3 Å². The summed E-state index contributed by atoms with van der Waals surface area (Å²) < 4.78 is 0. The topological polar surface area (TPSA) is 126 Å². The molecule has 1 aromatic heterocycles. The minimum absolute atomic E-state index is 0.155. The van der Waals surface area contributed by atoms with Crippen LogP contribution in [0.25, 0.3) is 0 Å². The van der Waals surface area contributed by atoms with Gasteiger partial charge in [-0.2, -0.15) is 10.4 Å². The molecule has 0 fully saturated rings. The second kappa shape index (κ2) is 4.51. The van der Waals surface area contributed by atoms with E-state index in [1.807, 2.05) is 6.07 Å². The molecule has 0 aliphatic carbocycles. The van der Waals surface area contributed by atoms with E-state index in [1.165, 1.54) is 18.5 Å². The molecule has 70 valence electrons. The minimum Gasteiger partial charge on any atom is -0.369 e. The summed E-state index contributed by atoms with van der Waals surface area (Å²) in [5.41, 5.74) is 10.3. The average molecular weight is 189 g/mol. The molecule has 0 aliphatic rings. The van der Waals surface area contributed by atoms with Crippen LogP contribution >= 0.6 is 0 Å². The molecular weight excluding hydrogens is 182 g/mol. The van der Waals surface area contributed by atoms with Crippen LogP contribution in [0.4, 0.5) is 0 Å². The fraction of sp³-hybridized carbons (Fsp3) is 0. The Hall–Kier alpha value is -2.49. The Bertz CT molecular complexity index is 410. The average Bonchev–Trinajstić information content (AvgIpc) is 2.18. The summed E-state index contributed by atoms with van der Waals surface area (Å²) in [6, 6.07) is 3.35. The molecule has 1 heterocycles. The number of nitriles is 1. The zero-order valence-electron chi connectivity index (χ0n) is 7.12. The van der Waals surface area contributed by atoms with Crippen molar-refractivity contribution < 1.29 is 0 Å². The van der Waals surface area contributed by atoms with Crippen molar-refractivity contribution in [3.05, 3.63) is 23.8 Å². The molecule has 0 amide bonds. The molecule has 1 rings (SSSR count). The summed E-state index contributed by atoms with van der Waals surface area (Å²) in [6.07, 6.45) is 2.70. The molecule has 1 aromatic rings. The van der Waals surface area contributed by atoms with Crippen molar-refractivity contribution in [1.82, 2.24) is 9.97 Å². The maximum atomic E-state index is 8.52. The molecule has 0 unspecified atom stereocenters. The first-order valence-corrected chi connectivity index (χ1v) is 3.57. The van der Waals surface area contributed by atoms with E-state index in [4.69, 9.17) is 16.7 Å². The molecule has 0 saturated carbocycles. The Balaban J connectivity index is 2.83. The lowest BCUT2D eigenvalue weighted by Gasteiger charge is -1.89. The van der Waals surface area contributed by atoms with Crippen molar-refractivity contribution in [2.24, 2.45) is 21.7 Å². The van der Waals surface area contributed by atoms with E-state index in [1.54, 1.807) is 0 Å². The number of hydrogen-bond acceptors (Lipinski definition) is 5. The van der Waals surface area contributed by atoms with E-state index in [0.717, 1.165) is 0 Å². The van der Waals surface area contributed by atoms with Gasteiger partial charge in [0.05, 0.1) is 6.21 Å². The van der Waals surface area contributed by atoms with Crippen LogP contribution in [0.5, 0.6) is 0 Å². The van der Waals surface area contributed by atoms with Crippen LogP contribution in [-0.2, 0) is 0 Å². The lowest BCUT2D eigenvalue weighted by Crippen LogP contribution is -2.21. The molecule has 4 N–H and O–H groups in total. The van der Waals surface area contributed by atoms with Gasteiger partial charge < -0.3 is 11.5 Å². The molecular formula is C7H7N7. The number of nitrogens with two attached hydrogens (primary N) is 2. The third-order valence-electron chi connectivity index (χ3n) is 1.14. The van der Waals surface area contributed by atoms with Gasteiger partial charge in [0.2, 0.25) is 5.96 Å². The highest BCUT2D eigenvalue weighted by atomic mass is 15.3. The maximum absolute atomic E-state index is 8.52. The van der Waals surface area contributed by atoms with E-state index >= 15 is 0 Å². The zero-order valence-corrected chi connectivity index (χ0v) is 7.12. The van der Waals surface area contributed by atoms with Crippen LogP contribution in [0.2, 0.25) is 0 Å². The van der Waals surface area contributed by atoms with Crippen LogP contribution in [0.3, 0.4) is 0 Å². The Labute approximate surface area is 79.8 Å². The maximum Gasteiger partial charge on any atom is 0.211 e. The van der Waals surface area contributed by atoms with Gasteiger partial charge in [0.25, 0.3) is 0 Å². The summed E-state index contributed by atoms with van der Waals surface area (Å²) in [4.78, 5) is 7.64. The van der Waals surface area contributed by atoms with Crippen LogP contribution in [0.15, 0.2) is 22.5 Å². The summed E-state index contributed by atoms with van der Waals surface area (Å²) in [5, 5.41) is 15.4. The fourth-order valence-corrected chi connectivity index (χ4v) is 0.645. The highest BCUT2D eigenvalue weighted by Gasteiger charge is 1.93. The first kappa shape index (κ1) is 9.60. The SMILES string of the molecule is N#Cc1ccnc(/C=N/N=C(N)N)n1. The van der Waals surface area contributed by atoms with Crippen molar-refractivity contribution in [2.45, 2.75) is 0 Å². The molecule has 0 atom stereocenters. The van der Waals surface area contributed by atoms with E-state index in [2.05, 4.69) is 20.2 Å². The summed E-state index contributed by atoms with van der Waals surface area (Å²) >= 11 is 0. The molecule has 0 radical (unpaired) electrons. The lowest BCUT2D eigenvalue weighted by atomic mass is 10.4. The number of rotatable bonds is 2. The molecule has 0 saturated heterocycles. The van der Waals surface area contributed by atoms with Gasteiger partial charge >= 0.3 is 0 Å². The van der Waals surface area contributed by atoms with Gasteiger partial charge in [-0.3, -0.25) is 0 Å². The number of guanidine groups is 1. The smallest absolute Gasteiger partial charge is 0.211 e. The first-order valence-electron chi connectivity index (χ1n) is 3.57. The molecule has 7 nitrogen and oxygen atoms in total. The van der Waals surface area contributed by atoms with Crippen molar-refractivity contribution >= 4 is 12.2 Å². The molecule has 14 heavy (non-hydrogen) atoms. The number of nitrogens with zero attached hydrogens (tertiary/aromatic N) is 5. The van der Waals surface area contributed by atoms with E-state index in [0.29, 0.717) is 0 Å². The molecule has 0 spiro atoms. The Morgan fingerprint density at radius 2 is 2.36 bits per heavy atom. The highest BCUT2D eigenvalue weighted by Crippen LogP contribution is 1.90.